The van der Waals surface area contributed by atoms with Gasteiger partial charge >= 0.3 is 0 Å². The summed E-state index contributed by atoms with van der Waals surface area (Å²) in [5.41, 5.74) is 0.908. The summed E-state index contributed by atoms with van der Waals surface area (Å²) in [6.07, 6.45) is 0.532. The van der Waals surface area contributed by atoms with Gasteiger partial charge in [0.1, 0.15) is 11.5 Å². The summed E-state index contributed by atoms with van der Waals surface area (Å²) in [4.78, 5) is 24.7. The molecule has 30 heavy (non-hydrogen) atoms. The molecule has 0 saturated carbocycles. The first-order chi connectivity index (χ1) is 14.5. The van der Waals surface area contributed by atoms with Crippen LogP contribution in [0.15, 0.2) is 65.5 Å². The lowest BCUT2D eigenvalue weighted by Crippen LogP contribution is -2.33. The normalized spacial score (nSPS) is 11.8. The number of nitrogens with zero attached hydrogens (tertiary/aromatic N) is 2. The molecule has 2 aromatic carbocycles. The number of aromatic nitrogens is 2. The van der Waals surface area contributed by atoms with Gasteiger partial charge in [-0.25, -0.2) is 9.07 Å². The molecule has 0 aliphatic heterocycles. The highest BCUT2D eigenvalue weighted by atomic mass is 19.1. The number of carbonyl (C=O) groups excluding carboxylic acids is 1. The van der Waals surface area contributed by atoms with Gasteiger partial charge in [0.15, 0.2) is 5.69 Å². The second-order valence-electron chi connectivity index (χ2n) is 6.89. The molecule has 0 bridgehead atoms. The summed E-state index contributed by atoms with van der Waals surface area (Å²) in [5, 5.41) is 6.77. The fourth-order valence-corrected chi connectivity index (χ4v) is 3.01. The fraction of sp³-hybridized carbons (Fsp3) is 0.261. The molecule has 1 N–H and O–H groups in total. The standard InChI is InChI=1S/C23H24FN3O3/c1-16-15-21(28)22(26-27(16)20-12-7-6-11-19(20)24)23(29)25-13-8-14-30-17(2)18-9-4-3-5-10-18/h3-7,9-12,15,17H,8,13-14H2,1-2H3,(H,25,29). The van der Waals surface area contributed by atoms with E-state index in [-0.39, 0.29) is 17.5 Å². The number of hydrogen-bond donors (Lipinski definition) is 1. The van der Waals surface area contributed by atoms with Crippen LogP contribution in [0.25, 0.3) is 5.69 Å². The third-order valence-corrected chi connectivity index (χ3v) is 4.65. The molecule has 0 fully saturated rings. The Bertz CT molecular complexity index is 1070. The second-order valence-corrected chi connectivity index (χ2v) is 6.89. The molecule has 1 atom stereocenters. The molecule has 0 spiro atoms. The summed E-state index contributed by atoms with van der Waals surface area (Å²) in [7, 11) is 0. The van der Waals surface area contributed by atoms with Crippen LogP contribution >= 0.6 is 0 Å². The number of benzene rings is 2. The Kier molecular flexibility index (Phi) is 7.08. The fourth-order valence-electron chi connectivity index (χ4n) is 3.01. The zero-order valence-electron chi connectivity index (χ0n) is 17.0. The Morgan fingerprint density at radius 2 is 1.87 bits per heavy atom. The lowest BCUT2D eigenvalue weighted by Gasteiger charge is -2.14. The average molecular weight is 409 g/mol. The third-order valence-electron chi connectivity index (χ3n) is 4.65. The van der Waals surface area contributed by atoms with Gasteiger partial charge in [0.05, 0.1) is 6.10 Å². The van der Waals surface area contributed by atoms with E-state index in [4.69, 9.17) is 4.74 Å². The minimum Gasteiger partial charge on any atom is -0.374 e. The van der Waals surface area contributed by atoms with Crippen molar-refractivity contribution in [2.24, 2.45) is 0 Å². The van der Waals surface area contributed by atoms with E-state index in [1.54, 1.807) is 19.1 Å². The third kappa shape index (κ3) is 5.18. The van der Waals surface area contributed by atoms with Gasteiger partial charge in [-0.2, -0.15) is 5.10 Å². The van der Waals surface area contributed by atoms with Crippen LogP contribution in [0.2, 0.25) is 0 Å². The van der Waals surface area contributed by atoms with Crippen LogP contribution < -0.4 is 10.7 Å². The molecule has 1 amide bonds. The number of nitrogens with one attached hydrogen (secondary N) is 1. The van der Waals surface area contributed by atoms with Gasteiger partial charge in [-0.3, -0.25) is 9.59 Å². The maximum Gasteiger partial charge on any atom is 0.275 e. The van der Waals surface area contributed by atoms with Gasteiger partial charge in [-0.15, -0.1) is 0 Å². The van der Waals surface area contributed by atoms with Gasteiger partial charge < -0.3 is 10.1 Å². The molecule has 0 aliphatic rings. The van der Waals surface area contributed by atoms with Crippen LogP contribution in [0, 0.1) is 12.7 Å². The number of amides is 1. The molecule has 1 unspecified atom stereocenters. The highest BCUT2D eigenvalue weighted by Gasteiger charge is 2.16. The number of hydrogen-bond acceptors (Lipinski definition) is 4. The lowest BCUT2D eigenvalue weighted by atomic mass is 10.1. The molecule has 1 heterocycles. The van der Waals surface area contributed by atoms with Gasteiger partial charge in [0.2, 0.25) is 5.43 Å². The SMILES string of the molecule is Cc1cc(=O)c(C(=O)NCCCOC(C)c2ccccc2)nn1-c1ccccc1F. The smallest absolute Gasteiger partial charge is 0.275 e. The number of para-hydroxylation sites is 1. The molecular formula is C23H24FN3O3. The van der Waals surface area contributed by atoms with E-state index in [9.17, 15) is 14.0 Å². The molecule has 7 heteroatoms. The molecule has 3 rings (SSSR count). The zero-order chi connectivity index (χ0) is 21.5. The molecule has 156 valence electrons. The van der Waals surface area contributed by atoms with E-state index in [1.165, 1.54) is 22.9 Å². The van der Waals surface area contributed by atoms with Gasteiger partial charge in [-0.1, -0.05) is 42.5 Å². The van der Waals surface area contributed by atoms with Crippen molar-refractivity contribution in [2.75, 3.05) is 13.2 Å². The molecule has 0 radical (unpaired) electrons. The predicted octanol–water partition coefficient (Wildman–Crippen LogP) is 3.58. The number of aryl methyl sites for hydroxylation is 1. The predicted molar refractivity (Wildman–Crippen MR) is 112 cm³/mol. The lowest BCUT2D eigenvalue weighted by molar-refractivity contribution is 0.0634. The Morgan fingerprint density at radius 3 is 2.60 bits per heavy atom. The Hall–Kier alpha value is -3.32. The highest BCUT2D eigenvalue weighted by Crippen LogP contribution is 2.16. The molecule has 0 saturated heterocycles. The maximum absolute atomic E-state index is 14.1. The first-order valence-corrected chi connectivity index (χ1v) is 9.78. The van der Waals surface area contributed by atoms with Crippen molar-refractivity contribution >= 4 is 5.91 Å². The zero-order valence-corrected chi connectivity index (χ0v) is 17.0. The molecule has 3 aromatic rings. The van der Waals surface area contributed by atoms with E-state index in [2.05, 4.69) is 10.4 Å². The van der Waals surface area contributed by atoms with E-state index in [0.717, 1.165) is 5.56 Å². The molecule has 1 aromatic heterocycles. The van der Waals surface area contributed by atoms with Gasteiger partial charge in [-0.05, 0) is 38.0 Å². The van der Waals surface area contributed by atoms with Crippen LogP contribution in [0.3, 0.4) is 0 Å². The highest BCUT2D eigenvalue weighted by molar-refractivity contribution is 5.92. The van der Waals surface area contributed by atoms with Crippen LogP contribution in [0.5, 0.6) is 0 Å². The first-order valence-electron chi connectivity index (χ1n) is 9.78. The van der Waals surface area contributed by atoms with Crippen molar-refractivity contribution < 1.29 is 13.9 Å². The molecule has 0 aliphatic carbocycles. The second kappa shape index (κ2) is 9.93. The number of halogens is 1. The summed E-state index contributed by atoms with van der Waals surface area (Å²) in [6.45, 7) is 4.38. The summed E-state index contributed by atoms with van der Waals surface area (Å²) < 4.78 is 21.1. The minimum atomic E-state index is -0.596. The van der Waals surface area contributed by atoms with Gasteiger partial charge in [0.25, 0.3) is 5.91 Å². The van der Waals surface area contributed by atoms with E-state index in [1.807, 2.05) is 37.3 Å². The summed E-state index contributed by atoms with van der Waals surface area (Å²) >= 11 is 0. The van der Waals surface area contributed by atoms with Crippen LogP contribution in [0.1, 0.15) is 41.2 Å². The quantitative estimate of drug-likeness (QED) is 0.577. The largest absolute Gasteiger partial charge is 0.374 e. The van der Waals surface area contributed by atoms with Crippen molar-refractivity contribution in [1.82, 2.24) is 15.1 Å². The number of ether oxygens (including phenoxy) is 1. The average Bonchev–Trinajstić information content (AvgIpc) is 2.74. The van der Waals surface area contributed by atoms with Crippen LogP contribution in [0.4, 0.5) is 4.39 Å². The van der Waals surface area contributed by atoms with Crippen LogP contribution in [-0.2, 0) is 4.74 Å². The van der Waals surface area contributed by atoms with E-state index in [0.29, 0.717) is 25.3 Å². The van der Waals surface area contributed by atoms with Crippen molar-refractivity contribution in [1.29, 1.82) is 0 Å². The molecular weight excluding hydrogens is 385 g/mol. The van der Waals surface area contributed by atoms with Crippen molar-refractivity contribution in [3.05, 3.63) is 93.7 Å². The monoisotopic (exact) mass is 409 g/mol. The Labute approximate surface area is 174 Å². The van der Waals surface area contributed by atoms with Crippen LogP contribution in [-0.4, -0.2) is 28.8 Å². The maximum atomic E-state index is 14.1. The Morgan fingerprint density at radius 1 is 1.17 bits per heavy atom. The summed E-state index contributed by atoms with van der Waals surface area (Å²) in [6, 6.07) is 17.2. The first kappa shape index (κ1) is 21.4. The van der Waals surface area contributed by atoms with Gasteiger partial charge in [0, 0.05) is 24.9 Å². The van der Waals surface area contributed by atoms with Crippen molar-refractivity contribution in [3.8, 4) is 5.69 Å². The van der Waals surface area contributed by atoms with E-state index < -0.39 is 17.2 Å². The van der Waals surface area contributed by atoms with E-state index >= 15 is 0 Å². The minimum absolute atomic E-state index is 0.0476. The summed E-state index contributed by atoms with van der Waals surface area (Å²) in [5.74, 6) is -1.09. The topological polar surface area (TPSA) is 73.2 Å². The molecule has 6 nitrogen and oxygen atoms in total. The number of carbonyl (C=O) groups is 1. The number of rotatable bonds is 8. The van der Waals surface area contributed by atoms with Crippen molar-refractivity contribution in [3.63, 3.8) is 0 Å². The van der Waals surface area contributed by atoms with Crippen molar-refractivity contribution in [2.45, 2.75) is 26.4 Å². The Balaban J connectivity index is 1.58.